The molecular formula is C24H27N5O4S. The molecule has 1 amide bonds. The fourth-order valence-electron chi connectivity index (χ4n) is 3.75. The molecular weight excluding hydrogens is 454 g/mol. The molecule has 0 bridgehead atoms. The molecule has 1 aliphatic heterocycles. The van der Waals surface area contributed by atoms with E-state index in [-0.39, 0.29) is 11.6 Å². The molecule has 0 radical (unpaired) electrons. The normalized spacial score (nSPS) is 13.5. The highest BCUT2D eigenvalue weighted by Crippen LogP contribution is 2.13. The Kier molecular flexibility index (Phi) is 7.27. The molecule has 0 fully saturated rings. The first kappa shape index (κ1) is 23.5. The van der Waals surface area contributed by atoms with Crippen LogP contribution in [0.5, 0.6) is 0 Å². The van der Waals surface area contributed by atoms with Crippen LogP contribution in [0.25, 0.3) is 6.08 Å². The molecule has 0 spiro atoms. The summed E-state index contributed by atoms with van der Waals surface area (Å²) >= 11 is 0. The molecule has 0 saturated carbocycles. The smallest absolute Gasteiger partial charge is 0.345 e. The number of nitrogens with one attached hydrogen (secondary N) is 2. The third-order valence-electron chi connectivity index (χ3n) is 5.51. The molecule has 10 heteroatoms. The Balaban J connectivity index is 1.26. The fraction of sp³-hybridized carbons (Fsp3) is 0.292. The average molecular weight is 482 g/mol. The second kappa shape index (κ2) is 10.5. The first-order valence-corrected chi connectivity index (χ1v) is 12.8. The number of benzene rings is 2. The molecule has 3 aromatic rings. The number of carbonyl (C=O) groups is 1. The van der Waals surface area contributed by atoms with Crippen LogP contribution in [0, 0.1) is 0 Å². The quantitative estimate of drug-likeness (QED) is 0.456. The molecule has 0 aliphatic carbocycles. The van der Waals surface area contributed by atoms with Crippen LogP contribution in [0.2, 0.25) is 0 Å². The minimum Gasteiger partial charge on any atom is -0.352 e. The van der Waals surface area contributed by atoms with E-state index in [0.717, 1.165) is 42.6 Å². The molecule has 2 heterocycles. The first-order chi connectivity index (χ1) is 16.4. The number of hydrogen-bond acceptors (Lipinski definition) is 5. The zero-order valence-corrected chi connectivity index (χ0v) is 19.5. The summed E-state index contributed by atoms with van der Waals surface area (Å²) in [5.74, 6) is 0.571. The van der Waals surface area contributed by atoms with E-state index in [2.05, 4.69) is 15.1 Å². The molecule has 4 rings (SSSR count). The highest BCUT2D eigenvalue weighted by Gasteiger charge is 2.16. The summed E-state index contributed by atoms with van der Waals surface area (Å²) in [6.07, 6.45) is 4.97. The minimum absolute atomic E-state index is 0.0855. The Morgan fingerprint density at radius 1 is 1.06 bits per heavy atom. The van der Waals surface area contributed by atoms with Gasteiger partial charge in [0.25, 0.3) is 15.9 Å². The Hall–Kier alpha value is -3.66. The number of rotatable bonds is 9. The van der Waals surface area contributed by atoms with Crippen molar-refractivity contribution in [1.29, 1.82) is 0 Å². The van der Waals surface area contributed by atoms with Gasteiger partial charge in [0.2, 0.25) is 0 Å². The maximum Gasteiger partial charge on any atom is 0.345 e. The van der Waals surface area contributed by atoms with E-state index in [1.807, 2.05) is 18.2 Å². The van der Waals surface area contributed by atoms with E-state index in [4.69, 9.17) is 0 Å². The van der Waals surface area contributed by atoms with Crippen LogP contribution in [0.3, 0.4) is 0 Å². The van der Waals surface area contributed by atoms with E-state index in [1.165, 1.54) is 22.9 Å². The number of hydrogen-bond donors (Lipinski definition) is 2. The van der Waals surface area contributed by atoms with E-state index < -0.39 is 10.0 Å². The van der Waals surface area contributed by atoms with E-state index in [9.17, 15) is 18.0 Å². The predicted molar refractivity (Wildman–Crippen MR) is 131 cm³/mol. The largest absolute Gasteiger partial charge is 0.352 e. The molecule has 0 atom stereocenters. The number of amides is 1. The number of carbonyl (C=O) groups excluding carboxylic acids is 1. The van der Waals surface area contributed by atoms with Gasteiger partial charge in [0.15, 0.2) is 0 Å². The van der Waals surface area contributed by atoms with Gasteiger partial charge in [-0.15, -0.1) is 0 Å². The van der Waals surface area contributed by atoms with Crippen LogP contribution in [-0.2, 0) is 29.5 Å². The fourth-order valence-corrected chi connectivity index (χ4v) is 4.62. The average Bonchev–Trinajstić information content (AvgIpc) is 3.17. The molecule has 34 heavy (non-hydrogen) atoms. The van der Waals surface area contributed by atoms with Gasteiger partial charge in [-0.1, -0.05) is 30.3 Å². The van der Waals surface area contributed by atoms with Gasteiger partial charge in [-0.05, 0) is 55.2 Å². The Morgan fingerprint density at radius 2 is 1.82 bits per heavy atom. The molecule has 1 aromatic heterocycles. The van der Waals surface area contributed by atoms with Crippen LogP contribution >= 0.6 is 0 Å². The lowest BCUT2D eigenvalue weighted by molar-refractivity contribution is 0.0952. The van der Waals surface area contributed by atoms with Crippen molar-refractivity contribution in [1.82, 2.24) is 19.7 Å². The van der Waals surface area contributed by atoms with Gasteiger partial charge in [-0.2, -0.15) is 5.10 Å². The predicted octanol–water partition coefficient (Wildman–Crippen LogP) is 2.61. The molecule has 2 N–H and O–H groups in total. The van der Waals surface area contributed by atoms with Gasteiger partial charge in [-0.25, -0.2) is 17.9 Å². The zero-order valence-electron chi connectivity index (χ0n) is 18.7. The van der Waals surface area contributed by atoms with Gasteiger partial charge in [0.05, 0.1) is 5.41 Å². The van der Waals surface area contributed by atoms with Crippen molar-refractivity contribution in [2.45, 2.75) is 38.8 Å². The van der Waals surface area contributed by atoms with E-state index in [0.29, 0.717) is 30.8 Å². The highest BCUT2D eigenvalue weighted by molar-refractivity contribution is 7.95. The molecule has 2 aromatic carbocycles. The monoisotopic (exact) mass is 481 g/mol. The number of nitrogens with zero attached hydrogens (tertiary/aromatic N) is 3. The Bertz CT molecular complexity index is 1330. The number of aromatic nitrogens is 3. The first-order valence-electron chi connectivity index (χ1n) is 11.2. The van der Waals surface area contributed by atoms with Gasteiger partial charge in [0.1, 0.15) is 5.82 Å². The summed E-state index contributed by atoms with van der Waals surface area (Å²) < 4.78 is 30.2. The standard InChI is InChI=1S/C24H27N5O4S/c30-23(25-15-6-17-29-24(31)28-16-5-4-9-22(28)26-29)20-10-12-21(13-11-20)27-34(32,33)18-14-19-7-2-1-3-8-19/h1-3,7-8,10-14,18,27H,4-6,9,15-17H2,(H,25,30). The SMILES string of the molecule is O=C(NCCCn1nc2n(c1=O)CCCC2)c1ccc(NS(=O)(=O)C=Cc2ccccc2)cc1. The maximum atomic E-state index is 12.4. The summed E-state index contributed by atoms with van der Waals surface area (Å²) in [7, 11) is -3.68. The summed E-state index contributed by atoms with van der Waals surface area (Å²) in [4.78, 5) is 24.7. The highest BCUT2D eigenvalue weighted by atomic mass is 32.2. The molecule has 178 valence electrons. The maximum absolute atomic E-state index is 12.4. The second-order valence-electron chi connectivity index (χ2n) is 8.08. The van der Waals surface area contributed by atoms with Crippen molar-refractivity contribution < 1.29 is 13.2 Å². The van der Waals surface area contributed by atoms with E-state index >= 15 is 0 Å². The van der Waals surface area contributed by atoms with Crippen LogP contribution in [0.4, 0.5) is 5.69 Å². The number of fused-ring (bicyclic) bond motifs is 1. The van der Waals surface area contributed by atoms with Crippen molar-refractivity contribution in [3.8, 4) is 0 Å². The number of sulfonamides is 1. The molecule has 1 aliphatic rings. The molecule has 0 saturated heterocycles. The summed E-state index contributed by atoms with van der Waals surface area (Å²) in [5, 5.41) is 8.31. The van der Waals surface area contributed by atoms with Crippen molar-refractivity contribution in [2.24, 2.45) is 0 Å². The van der Waals surface area contributed by atoms with Crippen LogP contribution in [0.15, 0.2) is 64.8 Å². The number of aryl methyl sites for hydroxylation is 2. The Morgan fingerprint density at radius 3 is 2.56 bits per heavy atom. The second-order valence-corrected chi connectivity index (χ2v) is 9.64. The van der Waals surface area contributed by atoms with Crippen LogP contribution < -0.4 is 15.7 Å². The lowest BCUT2D eigenvalue weighted by Crippen LogP contribution is -2.29. The van der Waals surface area contributed by atoms with Crippen molar-refractivity contribution in [3.63, 3.8) is 0 Å². The topological polar surface area (TPSA) is 115 Å². The van der Waals surface area contributed by atoms with Gasteiger partial charge in [-0.3, -0.25) is 14.1 Å². The zero-order chi connectivity index (χ0) is 24.0. The van der Waals surface area contributed by atoms with Crippen LogP contribution in [0.1, 0.15) is 41.0 Å². The number of anilines is 1. The van der Waals surface area contributed by atoms with Crippen molar-refractivity contribution in [2.75, 3.05) is 11.3 Å². The van der Waals surface area contributed by atoms with Crippen molar-refractivity contribution in [3.05, 3.63) is 87.4 Å². The third-order valence-corrected chi connectivity index (χ3v) is 6.52. The summed E-state index contributed by atoms with van der Waals surface area (Å²) in [6.45, 7) is 1.56. The lowest BCUT2D eigenvalue weighted by atomic mass is 10.2. The summed E-state index contributed by atoms with van der Waals surface area (Å²) in [5.41, 5.74) is 1.46. The van der Waals surface area contributed by atoms with Crippen LogP contribution in [-0.4, -0.2) is 35.2 Å². The van der Waals surface area contributed by atoms with Gasteiger partial charge < -0.3 is 5.32 Å². The minimum atomic E-state index is -3.68. The third kappa shape index (κ3) is 6.02. The molecule has 0 unspecified atom stereocenters. The van der Waals surface area contributed by atoms with E-state index in [1.54, 1.807) is 28.8 Å². The summed E-state index contributed by atoms with van der Waals surface area (Å²) in [6, 6.07) is 15.3. The van der Waals surface area contributed by atoms with Crippen molar-refractivity contribution >= 4 is 27.7 Å². The van der Waals surface area contributed by atoms with Gasteiger partial charge in [0, 0.05) is 37.3 Å². The van der Waals surface area contributed by atoms with Gasteiger partial charge >= 0.3 is 5.69 Å². The lowest BCUT2D eigenvalue weighted by Gasteiger charge is -2.09. The molecule has 9 nitrogen and oxygen atoms in total. The Labute approximate surface area is 198 Å².